The van der Waals surface area contributed by atoms with Crippen LogP contribution in [-0.4, -0.2) is 28.4 Å². The van der Waals surface area contributed by atoms with E-state index >= 15 is 0 Å². The number of nitrogens with one attached hydrogen (secondary N) is 1. The Balaban J connectivity index is 1.86. The van der Waals surface area contributed by atoms with Gasteiger partial charge in [0, 0.05) is 10.6 Å². The lowest BCUT2D eigenvalue weighted by Crippen LogP contribution is -2.14. The third-order valence-corrected chi connectivity index (χ3v) is 4.08. The summed E-state index contributed by atoms with van der Waals surface area (Å²) in [5.41, 5.74) is 8.09. The second-order valence-corrected chi connectivity index (χ2v) is 6.04. The van der Waals surface area contributed by atoms with Gasteiger partial charge in [0.2, 0.25) is 0 Å². The molecule has 7 heteroatoms. The molecule has 1 unspecified atom stereocenters. The lowest BCUT2D eigenvalue weighted by atomic mass is 10.1. The highest BCUT2D eigenvalue weighted by molar-refractivity contribution is 6.30. The van der Waals surface area contributed by atoms with Crippen molar-refractivity contribution >= 4 is 11.6 Å². The maximum absolute atomic E-state index is 6.37. The van der Waals surface area contributed by atoms with Gasteiger partial charge >= 0.3 is 0 Å². The van der Waals surface area contributed by atoms with Crippen molar-refractivity contribution in [1.82, 2.24) is 15.2 Å². The number of rotatable bonds is 7. The normalized spacial score (nSPS) is 12.0. The first-order valence-electron chi connectivity index (χ1n) is 8.45. The van der Waals surface area contributed by atoms with Crippen molar-refractivity contribution in [2.75, 3.05) is 13.2 Å². The molecular weight excluding hydrogens is 352 g/mol. The zero-order chi connectivity index (χ0) is 18.5. The summed E-state index contributed by atoms with van der Waals surface area (Å²) >= 11 is 5.92. The first-order valence-corrected chi connectivity index (χ1v) is 8.83. The second-order valence-electron chi connectivity index (χ2n) is 5.60. The predicted molar refractivity (Wildman–Crippen MR) is 102 cm³/mol. The fourth-order valence-corrected chi connectivity index (χ4v) is 2.69. The Morgan fingerprint density at radius 1 is 1.04 bits per heavy atom. The molecule has 3 aromatic rings. The maximum Gasteiger partial charge on any atom is 0.181 e. The van der Waals surface area contributed by atoms with Gasteiger partial charge in [-0.15, -0.1) is 0 Å². The van der Waals surface area contributed by atoms with Crippen LogP contribution in [0.15, 0.2) is 42.5 Å². The molecule has 3 N–H and O–H groups in total. The van der Waals surface area contributed by atoms with Gasteiger partial charge in [0.1, 0.15) is 5.82 Å². The minimum atomic E-state index is -0.460. The van der Waals surface area contributed by atoms with Gasteiger partial charge in [-0.25, -0.2) is 4.98 Å². The standard InChI is InChI=1S/C19H21ClN4O2/c1-3-25-15-10-7-13(11-16(15)26-4-2)17(21)19-22-18(23-24-19)12-5-8-14(20)9-6-12/h5-11,17H,3-4,21H2,1-2H3,(H,22,23,24). The van der Waals surface area contributed by atoms with Gasteiger partial charge in [0.15, 0.2) is 17.3 Å². The van der Waals surface area contributed by atoms with E-state index < -0.39 is 6.04 Å². The third-order valence-electron chi connectivity index (χ3n) is 3.83. The number of nitrogens with zero attached hydrogens (tertiary/aromatic N) is 2. The van der Waals surface area contributed by atoms with Crippen LogP contribution in [0, 0.1) is 0 Å². The molecule has 6 nitrogen and oxygen atoms in total. The highest BCUT2D eigenvalue weighted by Gasteiger charge is 2.17. The summed E-state index contributed by atoms with van der Waals surface area (Å²) in [5.74, 6) is 2.51. The van der Waals surface area contributed by atoms with Crippen molar-refractivity contribution in [2.24, 2.45) is 5.73 Å². The molecule has 0 spiro atoms. The van der Waals surface area contributed by atoms with Gasteiger partial charge in [-0.3, -0.25) is 5.10 Å². The Labute approximate surface area is 157 Å². The van der Waals surface area contributed by atoms with E-state index in [4.69, 9.17) is 26.8 Å². The molecule has 0 fully saturated rings. The van der Waals surface area contributed by atoms with Crippen LogP contribution in [0.5, 0.6) is 11.5 Å². The zero-order valence-corrected chi connectivity index (χ0v) is 15.5. The van der Waals surface area contributed by atoms with E-state index in [1.54, 1.807) is 12.1 Å². The van der Waals surface area contributed by atoms with E-state index in [9.17, 15) is 0 Å². The number of aromatic amines is 1. The minimum absolute atomic E-state index is 0.460. The Morgan fingerprint density at radius 2 is 1.73 bits per heavy atom. The van der Waals surface area contributed by atoms with Crippen molar-refractivity contribution in [1.29, 1.82) is 0 Å². The number of ether oxygens (including phenoxy) is 2. The molecule has 3 rings (SSSR count). The number of hydrogen-bond donors (Lipinski definition) is 2. The first-order chi connectivity index (χ1) is 12.6. The quantitative estimate of drug-likeness (QED) is 0.655. The molecule has 0 aliphatic heterocycles. The van der Waals surface area contributed by atoms with E-state index in [0.717, 1.165) is 11.1 Å². The van der Waals surface area contributed by atoms with Crippen LogP contribution in [0.3, 0.4) is 0 Å². The predicted octanol–water partition coefficient (Wildman–Crippen LogP) is 3.97. The first kappa shape index (κ1) is 18.2. The second kappa shape index (κ2) is 8.21. The SMILES string of the molecule is CCOc1ccc(C(N)c2nc(-c3ccc(Cl)cc3)n[nH]2)cc1OCC. The Hall–Kier alpha value is -2.57. The van der Waals surface area contributed by atoms with Gasteiger partial charge in [-0.2, -0.15) is 5.10 Å². The van der Waals surface area contributed by atoms with Crippen molar-refractivity contribution < 1.29 is 9.47 Å². The van der Waals surface area contributed by atoms with Gasteiger partial charge in [0.25, 0.3) is 0 Å². The van der Waals surface area contributed by atoms with Crippen LogP contribution in [0.4, 0.5) is 0 Å². The van der Waals surface area contributed by atoms with E-state index in [-0.39, 0.29) is 0 Å². The number of H-pyrrole nitrogens is 1. The summed E-state index contributed by atoms with van der Waals surface area (Å²) in [6, 6.07) is 12.5. The smallest absolute Gasteiger partial charge is 0.181 e. The molecule has 0 bridgehead atoms. The zero-order valence-electron chi connectivity index (χ0n) is 14.7. The van der Waals surface area contributed by atoms with E-state index in [1.807, 2.05) is 44.2 Å². The van der Waals surface area contributed by atoms with E-state index in [1.165, 1.54) is 0 Å². The Morgan fingerprint density at radius 3 is 2.42 bits per heavy atom. The van der Waals surface area contributed by atoms with Gasteiger partial charge < -0.3 is 15.2 Å². The van der Waals surface area contributed by atoms with Crippen LogP contribution in [0.25, 0.3) is 11.4 Å². The van der Waals surface area contributed by atoms with Gasteiger partial charge in [-0.05, 0) is 55.8 Å². The van der Waals surface area contributed by atoms with Crippen LogP contribution < -0.4 is 15.2 Å². The molecule has 0 radical (unpaired) electrons. The number of benzene rings is 2. The van der Waals surface area contributed by atoms with Crippen molar-refractivity contribution in [3.05, 3.63) is 58.9 Å². The molecule has 1 aromatic heterocycles. The molecule has 0 saturated carbocycles. The van der Waals surface area contributed by atoms with E-state index in [0.29, 0.717) is 41.4 Å². The number of aromatic nitrogens is 3. The van der Waals surface area contributed by atoms with Crippen LogP contribution in [-0.2, 0) is 0 Å². The van der Waals surface area contributed by atoms with Crippen molar-refractivity contribution in [2.45, 2.75) is 19.9 Å². The van der Waals surface area contributed by atoms with E-state index in [2.05, 4.69) is 15.2 Å². The maximum atomic E-state index is 6.37. The van der Waals surface area contributed by atoms with Gasteiger partial charge in [0.05, 0.1) is 19.3 Å². The lowest BCUT2D eigenvalue weighted by Gasteiger charge is -2.14. The summed E-state index contributed by atoms with van der Waals surface area (Å²) in [6.45, 7) is 4.97. The largest absolute Gasteiger partial charge is 0.490 e. The highest BCUT2D eigenvalue weighted by Crippen LogP contribution is 2.31. The molecule has 0 amide bonds. The molecule has 1 atom stereocenters. The molecular formula is C19H21ClN4O2. The topological polar surface area (TPSA) is 86.0 Å². The van der Waals surface area contributed by atoms with Crippen LogP contribution in [0.1, 0.15) is 31.3 Å². The summed E-state index contributed by atoms with van der Waals surface area (Å²) in [7, 11) is 0. The summed E-state index contributed by atoms with van der Waals surface area (Å²) in [5, 5.41) is 7.84. The Kier molecular flexibility index (Phi) is 5.75. The number of nitrogens with two attached hydrogens (primary N) is 1. The summed E-state index contributed by atoms with van der Waals surface area (Å²) in [6.07, 6.45) is 0. The van der Waals surface area contributed by atoms with Crippen LogP contribution in [0.2, 0.25) is 5.02 Å². The average molecular weight is 373 g/mol. The molecule has 0 aliphatic rings. The monoisotopic (exact) mass is 372 g/mol. The fourth-order valence-electron chi connectivity index (χ4n) is 2.56. The molecule has 1 heterocycles. The Bertz CT molecular complexity index is 864. The average Bonchev–Trinajstić information content (AvgIpc) is 3.13. The third kappa shape index (κ3) is 3.98. The van der Waals surface area contributed by atoms with Crippen molar-refractivity contribution in [3.8, 4) is 22.9 Å². The summed E-state index contributed by atoms with van der Waals surface area (Å²) in [4.78, 5) is 4.51. The highest BCUT2D eigenvalue weighted by atomic mass is 35.5. The molecule has 2 aromatic carbocycles. The lowest BCUT2D eigenvalue weighted by molar-refractivity contribution is 0.287. The van der Waals surface area contributed by atoms with Crippen LogP contribution >= 0.6 is 11.6 Å². The molecule has 136 valence electrons. The minimum Gasteiger partial charge on any atom is -0.490 e. The molecule has 0 saturated heterocycles. The number of hydrogen-bond acceptors (Lipinski definition) is 5. The fraction of sp³-hybridized carbons (Fsp3) is 0.263. The number of halogens is 1. The molecule has 26 heavy (non-hydrogen) atoms. The summed E-state index contributed by atoms with van der Waals surface area (Å²) < 4.78 is 11.3. The van der Waals surface area contributed by atoms with Gasteiger partial charge in [-0.1, -0.05) is 17.7 Å². The molecule has 0 aliphatic carbocycles. The van der Waals surface area contributed by atoms with Crippen molar-refractivity contribution in [3.63, 3.8) is 0 Å².